The van der Waals surface area contributed by atoms with Crippen LogP contribution in [0.1, 0.15) is 13.3 Å². The summed E-state index contributed by atoms with van der Waals surface area (Å²) < 4.78 is 21.6. The maximum Gasteiger partial charge on any atom is 0.326 e. The van der Waals surface area contributed by atoms with Gasteiger partial charge >= 0.3 is 5.97 Å². The fourth-order valence-electron chi connectivity index (χ4n) is 1.02. The highest BCUT2D eigenvalue weighted by molar-refractivity contribution is 8.00. The van der Waals surface area contributed by atoms with Gasteiger partial charge in [0.25, 0.3) is 0 Å². The van der Waals surface area contributed by atoms with Crippen molar-refractivity contribution in [1.82, 2.24) is 5.32 Å². The van der Waals surface area contributed by atoms with E-state index in [2.05, 4.69) is 5.32 Å². The summed E-state index contributed by atoms with van der Waals surface area (Å²) in [6.07, 6.45) is 1.44. The summed E-state index contributed by atoms with van der Waals surface area (Å²) in [6.45, 7) is 1.26. The number of sulfone groups is 1. The van der Waals surface area contributed by atoms with Crippen LogP contribution in [0.25, 0.3) is 0 Å². The lowest BCUT2D eigenvalue weighted by Crippen LogP contribution is -2.39. The first-order valence-electron chi connectivity index (χ1n) is 4.98. The van der Waals surface area contributed by atoms with Crippen molar-refractivity contribution in [3.63, 3.8) is 0 Å². The number of carbonyl (C=O) groups is 2. The minimum atomic E-state index is -2.97. The van der Waals surface area contributed by atoms with E-state index in [9.17, 15) is 18.0 Å². The summed E-state index contributed by atoms with van der Waals surface area (Å²) in [5.74, 6) is -0.462. The largest absolute Gasteiger partial charge is 0.480 e. The quantitative estimate of drug-likeness (QED) is 0.595. The smallest absolute Gasteiger partial charge is 0.326 e. The molecular formula is C9H17NO5S2. The van der Waals surface area contributed by atoms with Crippen molar-refractivity contribution in [2.75, 3.05) is 23.5 Å². The van der Waals surface area contributed by atoms with Crippen LogP contribution in [0.5, 0.6) is 0 Å². The Morgan fingerprint density at radius 3 is 2.35 bits per heavy atom. The molecule has 0 fully saturated rings. The molecule has 1 unspecified atom stereocenters. The molecule has 0 aromatic heterocycles. The van der Waals surface area contributed by atoms with Crippen molar-refractivity contribution in [3.8, 4) is 0 Å². The fraction of sp³-hybridized carbons (Fsp3) is 0.778. The summed E-state index contributed by atoms with van der Waals surface area (Å²) in [5.41, 5.74) is 0. The summed E-state index contributed by atoms with van der Waals surface area (Å²) in [5, 5.41) is 11.1. The number of hydrogen-bond donors (Lipinski definition) is 2. The van der Waals surface area contributed by atoms with E-state index in [0.29, 0.717) is 11.5 Å². The van der Waals surface area contributed by atoms with Crippen molar-refractivity contribution in [1.29, 1.82) is 0 Å². The lowest BCUT2D eigenvalue weighted by molar-refractivity contribution is -0.141. The molecule has 0 rings (SSSR count). The standard InChI is InChI=1S/C9H17NO5S2/c1-7(11)10-8(9(12)13)3-4-16-5-6-17(2,14)15/h8H,3-6H2,1-2H3,(H,10,11)(H,12,13). The van der Waals surface area contributed by atoms with Gasteiger partial charge in [-0.3, -0.25) is 4.79 Å². The summed E-state index contributed by atoms with van der Waals surface area (Å²) >= 11 is 1.36. The van der Waals surface area contributed by atoms with E-state index in [1.807, 2.05) is 0 Å². The van der Waals surface area contributed by atoms with E-state index in [1.54, 1.807) is 0 Å². The average molecular weight is 283 g/mol. The Morgan fingerprint density at radius 2 is 1.94 bits per heavy atom. The molecular weight excluding hydrogens is 266 g/mol. The molecule has 0 heterocycles. The van der Waals surface area contributed by atoms with Crippen LogP contribution in [-0.2, 0) is 19.4 Å². The Labute approximate surface area is 105 Å². The second-order valence-corrected chi connectivity index (χ2v) is 7.11. The fourth-order valence-corrected chi connectivity index (χ4v) is 3.31. The minimum Gasteiger partial charge on any atom is -0.480 e. The Kier molecular flexibility index (Phi) is 7.21. The van der Waals surface area contributed by atoms with E-state index in [1.165, 1.54) is 18.7 Å². The van der Waals surface area contributed by atoms with E-state index >= 15 is 0 Å². The van der Waals surface area contributed by atoms with Gasteiger partial charge in [-0.2, -0.15) is 11.8 Å². The van der Waals surface area contributed by atoms with Crippen LogP contribution in [0.2, 0.25) is 0 Å². The summed E-state index contributed by atoms with van der Waals surface area (Å²) in [7, 11) is -2.97. The molecule has 0 aliphatic rings. The van der Waals surface area contributed by atoms with Crippen molar-refractivity contribution in [2.24, 2.45) is 0 Å². The third-order valence-corrected chi connectivity index (χ3v) is 4.05. The van der Waals surface area contributed by atoms with E-state index < -0.39 is 27.8 Å². The summed E-state index contributed by atoms with van der Waals surface area (Å²) in [6, 6.07) is -0.904. The molecule has 100 valence electrons. The van der Waals surface area contributed by atoms with Gasteiger partial charge in [-0.25, -0.2) is 13.2 Å². The molecule has 0 saturated heterocycles. The third kappa shape index (κ3) is 10.1. The number of thioether (sulfide) groups is 1. The predicted molar refractivity (Wildman–Crippen MR) is 66.9 cm³/mol. The molecule has 1 atom stereocenters. The first-order chi connectivity index (χ1) is 7.72. The molecule has 8 heteroatoms. The number of aliphatic carboxylic acids is 1. The highest BCUT2D eigenvalue weighted by atomic mass is 32.2. The van der Waals surface area contributed by atoms with Gasteiger partial charge in [0.1, 0.15) is 15.9 Å². The number of nitrogens with one attached hydrogen (secondary N) is 1. The number of carbonyl (C=O) groups excluding carboxylic acids is 1. The molecule has 0 aromatic rings. The Bertz CT molecular complexity index is 366. The van der Waals surface area contributed by atoms with Gasteiger partial charge in [-0.15, -0.1) is 0 Å². The van der Waals surface area contributed by atoms with Gasteiger partial charge in [0.05, 0.1) is 5.75 Å². The number of rotatable bonds is 8. The van der Waals surface area contributed by atoms with Crippen LogP contribution >= 0.6 is 11.8 Å². The van der Waals surface area contributed by atoms with Gasteiger partial charge in [0.15, 0.2) is 0 Å². The lowest BCUT2D eigenvalue weighted by atomic mass is 10.2. The predicted octanol–water partition coefficient (Wildman–Crippen LogP) is -0.256. The van der Waals surface area contributed by atoms with Crippen molar-refractivity contribution < 1.29 is 23.1 Å². The van der Waals surface area contributed by atoms with Crippen LogP contribution in [0.4, 0.5) is 0 Å². The van der Waals surface area contributed by atoms with Crippen LogP contribution in [-0.4, -0.2) is 55.0 Å². The third-order valence-electron chi connectivity index (χ3n) is 1.82. The Hall–Kier alpha value is -0.760. The van der Waals surface area contributed by atoms with Crippen LogP contribution in [0.15, 0.2) is 0 Å². The number of carboxylic acids is 1. The highest BCUT2D eigenvalue weighted by Gasteiger charge is 2.17. The van der Waals surface area contributed by atoms with Crippen LogP contribution in [0, 0.1) is 0 Å². The monoisotopic (exact) mass is 283 g/mol. The zero-order valence-corrected chi connectivity index (χ0v) is 11.4. The molecule has 0 spiro atoms. The van der Waals surface area contributed by atoms with Crippen molar-refractivity contribution in [2.45, 2.75) is 19.4 Å². The first kappa shape index (κ1) is 16.2. The highest BCUT2D eigenvalue weighted by Crippen LogP contribution is 2.06. The van der Waals surface area contributed by atoms with E-state index in [0.717, 1.165) is 6.26 Å². The second kappa shape index (κ2) is 7.54. The molecule has 17 heavy (non-hydrogen) atoms. The van der Waals surface area contributed by atoms with Gasteiger partial charge in [0, 0.05) is 18.9 Å². The molecule has 1 amide bonds. The molecule has 0 bridgehead atoms. The molecule has 0 aliphatic carbocycles. The molecule has 0 aromatic carbocycles. The van der Waals surface area contributed by atoms with E-state index in [-0.39, 0.29) is 12.2 Å². The van der Waals surface area contributed by atoms with Gasteiger partial charge in [0.2, 0.25) is 5.91 Å². The molecule has 0 saturated carbocycles. The Morgan fingerprint density at radius 1 is 1.35 bits per heavy atom. The van der Waals surface area contributed by atoms with Crippen molar-refractivity contribution >= 4 is 33.5 Å². The molecule has 2 N–H and O–H groups in total. The SMILES string of the molecule is CC(=O)NC(CCSCCS(C)(=O)=O)C(=O)O. The second-order valence-electron chi connectivity index (χ2n) is 3.62. The first-order valence-corrected chi connectivity index (χ1v) is 8.19. The van der Waals surface area contributed by atoms with Crippen molar-refractivity contribution in [3.05, 3.63) is 0 Å². The molecule has 0 aliphatic heterocycles. The zero-order chi connectivity index (χ0) is 13.5. The maximum absolute atomic E-state index is 10.8. The summed E-state index contributed by atoms with van der Waals surface area (Å²) in [4.78, 5) is 21.5. The number of amides is 1. The minimum absolute atomic E-state index is 0.0789. The topological polar surface area (TPSA) is 101 Å². The number of carboxylic acid groups (broad SMARTS) is 1. The van der Waals surface area contributed by atoms with E-state index in [4.69, 9.17) is 5.11 Å². The Balaban J connectivity index is 3.83. The maximum atomic E-state index is 10.8. The van der Waals surface area contributed by atoms with Gasteiger partial charge in [-0.1, -0.05) is 0 Å². The molecule has 0 radical (unpaired) electrons. The zero-order valence-electron chi connectivity index (χ0n) is 9.80. The van der Waals surface area contributed by atoms with Crippen LogP contribution in [0.3, 0.4) is 0 Å². The average Bonchev–Trinajstić information content (AvgIpc) is 2.12. The van der Waals surface area contributed by atoms with Crippen LogP contribution < -0.4 is 5.32 Å². The number of hydrogen-bond acceptors (Lipinski definition) is 5. The molecule has 6 nitrogen and oxygen atoms in total. The normalized spacial score (nSPS) is 13.1. The lowest BCUT2D eigenvalue weighted by Gasteiger charge is -2.12. The van der Waals surface area contributed by atoms with Gasteiger partial charge in [-0.05, 0) is 12.2 Å². The van der Waals surface area contributed by atoms with Gasteiger partial charge < -0.3 is 10.4 Å².